The fourth-order valence-corrected chi connectivity index (χ4v) is 1.59. The quantitative estimate of drug-likeness (QED) is 0.756. The number of tetrazole rings is 1. The lowest BCUT2D eigenvalue weighted by molar-refractivity contribution is -0.119. The van der Waals surface area contributed by atoms with Crippen LogP contribution in [0.15, 0.2) is 30.6 Å². The summed E-state index contributed by atoms with van der Waals surface area (Å²) in [5, 5.41) is 10.6. The molecule has 1 aromatic heterocycles. The lowest BCUT2D eigenvalue weighted by Crippen LogP contribution is -2.13. The number of ketones is 1. The third kappa shape index (κ3) is 3.38. The minimum Gasteiger partial charge on any atom is -0.494 e. The first-order chi connectivity index (χ1) is 8.78. The van der Waals surface area contributed by atoms with Gasteiger partial charge in [0.25, 0.3) is 0 Å². The third-order valence-electron chi connectivity index (χ3n) is 2.37. The standard InChI is InChI=1S/C12H14N4O2/c1-2-18-12-5-3-10(4-6-12)7-11(17)8-16-9-13-14-15-16/h3-6,9H,2,7-8H2,1H3. The lowest BCUT2D eigenvalue weighted by Gasteiger charge is -2.04. The van der Waals surface area contributed by atoms with E-state index in [2.05, 4.69) is 15.5 Å². The van der Waals surface area contributed by atoms with Crippen molar-refractivity contribution in [3.05, 3.63) is 36.2 Å². The number of rotatable bonds is 6. The molecule has 94 valence electrons. The summed E-state index contributed by atoms with van der Waals surface area (Å²) in [5.74, 6) is 0.876. The molecule has 18 heavy (non-hydrogen) atoms. The highest BCUT2D eigenvalue weighted by Gasteiger charge is 2.06. The summed E-state index contributed by atoms with van der Waals surface area (Å²) in [5.41, 5.74) is 0.955. The Morgan fingerprint density at radius 1 is 1.33 bits per heavy atom. The van der Waals surface area contributed by atoms with Crippen molar-refractivity contribution in [3.63, 3.8) is 0 Å². The third-order valence-corrected chi connectivity index (χ3v) is 2.37. The van der Waals surface area contributed by atoms with Gasteiger partial charge in [-0.05, 0) is 35.0 Å². The van der Waals surface area contributed by atoms with Gasteiger partial charge in [-0.3, -0.25) is 4.79 Å². The highest BCUT2D eigenvalue weighted by molar-refractivity contribution is 5.80. The number of hydrogen-bond acceptors (Lipinski definition) is 5. The van der Waals surface area contributed by atoms with Crippen molar-refractivity contribution in [2.75, 3.05) is 6.61 Å². The molecule has 0 bridgehead atoms. The summed E-state index contributed by atoms with van der Waals surface area (Å²) in [4.78, 5) is 11.7. The van der Waals surface area contributed by atoms with Gasteiger partial charge in [0.2, 0.25) is 0 Å². The van der Waals surface area contributed by atoms with Crippen LogP contribution < -0.4 is 4.74 Å². The summed E-state index contributed by atoms with van der Waals surface area (Å²) in [6, 6.07) is 7.51. The van der Waals surface area contributed by atoms with E-state index >= 15 is 0 Å². The summed E-state index contributed by atoms with van der Waals surface area (Å²) < 4.78 is 6.75. The van der Waals surface area contributed by atoms with E-state index in [1.807, 2.05) is 31.2 Å². The molecule has 0 spiro atoms. The number of hydrogen-bond donors (Lipinski definition) is 0. The van der Waals surface area contributed by atoms with Crippen LogP contribution in [0.4, 0.5) is 0 Å². The Morgan fingerprint density at radius 2 is 2.11 bits per heavy atom. The molecule has 0 aliphatic heterocycles. The van der Waals surface area contributed by atoms with Crippen LogP contribution in [0.5, 0.6) is 5.75 Å². The minimum absolute atomic E-state index is 0.0615. The first-order valence-electron chi connectivity index (χ1n) is 5.72. The molecular formula is C12H14N4O2. The predicted octanol–water partition coefficient (Wildman–Crippen LogP) is 0.884. The van der Waals surface area contributed by atoms with Crippen molar-refractivity contribution in [3.8, 4) is 5.75 Å². The molecule has 0 fully saturated rings. The predicted molar refractivity (Wildman–Crippen MR) is 64.1 cm³/mol. The molecule has 0 aliphatic carbocycles. The van der Waals surface area contributed by atoms with E-state index < -0.39 is 0 Å². The van der Waals surface area contributed by atoms with Gasteiger partial charge in [0.15, 0.2) is 5.78 Å². The van der Waals surface area contributed by atoms with Gasteiger partial charge in [-0.2, -0.15) is 0 Å². The summed E-state index contributed by atoms with van der Waals surface area (Å²) in [6.45, 7) is 2.77. The molecule has 1 heterocycles. The zero-order chi connectivity index (χ0) is 12.8. The van der Waals surface area contributed by atoms with Gasteiger partial charge in [-0.25, -0.2) is 4.68 Å². The number of carbonyl (C=O) groups excluding carboxylic acids is 1. The minimum atomic E-state index is 0.0615. The first-order valence-corrected chi connectivity index (χ1v) is 5.72. The van der Waals surface area contributed by atoms with Crippen molar-refractivity contribution < 1.29 is 9.53 Å². The molecule has 0 radical (unpaired) electrons. The topological polar surface area (TPSA) is 69.9 Å². The average molecular weight is 246 g/mol. The molecule has 6 heteroatoms. The number of ether oxygens (including phenoxy) is 1. The van der Waals surface area contributed by atoms with Crippen LogP contribution in [0.2, 0.25) is 0 Å². The molecule has 0 N–H and O–H groups in total. The second-order valence-electron chi connectivity index (χ2n) is 3.80. The van der Waals surface area contributed by atoms with Gasteiger partial charge in [-0.15, -0.1) is 5.10 Å². The van der Waals surface area contributed by atoms with Gasteiger partial charge >= 0.3 is 0 Å². The number of nitrogens with zero attached hydrogens (tertiary/aromatic N) is 4. The molecule has 0 unspecified atom stereocenters. The molecule has 0 atom stereocenters. The van der Waals surface area contributed by atoms with Crippen LogP contribution in [0.1, 0.15) is 12.5 Å². The van der Waals surface area contributed by atoms with Crippen LogP contribution in [0, 0.1) is 0 Å². The summed E-state index contributed by atoms with van der Waals surface area (Å²) in [6.07, 6.45) is 1.79. The first kappa shape index (κ1) is 12.2. The Hall–Kier alpha value is -2.24. The van der Waals surface area contributed by atoms with Crippen molar-refractivity contribution in [1.29, 1.82) is 0 Å². The van der Waals surface area contributed by atoms with Crippen LogP contribution in [-0.4, -0.2) is 32.6 Å². The Morgan fingerprint density at radius 3 is 2.72 bits per heavy atom. The molecule has 6 nitrogen and oxygen atoms in total. The zero-order valence-corrected chi connectivity index (χ0v) is 10.1. The van der Waals surface area contributed by atoms with Gasteiger partial charge in [0.05, 0.1) is 6.61 Å². The molecule has 2 rings (SSSR count). The Balaban J connectivity index is 1.90. The summed E-state index contributed by atoms with van der Waals surface area (Å²) >= 11 is 0. The zero-order valence-electron chi connectivity index (χ0n) is 10.1. The molecule has 2 aromatic rings. The largest absolute Gasteiger partial charge is 0.494 e. The molecule has 1 aromatic carbocycles. The molecule has 0 aliphatic rings. The maximum absolute atomic E-state index is 11.7. The maximum atomic E-state index is 11.7. The second-order valence-corrected chi connectivity index (χ2v) is 3.80. The normalized spacial score (nSPS) is 10.3. The number of aromatic nitrogens is 4. The highest BCUT2D eigenvalue weighted by atomic mass is 16.5. The van der Waals surface area contributed by atoms with Gasteiger partial charge in [-0.1, -0.05) is 12.1 Å². The average Bonchev–Trinajstić information content (AvgIpc) is 2.84. The monoisotopic (exact) mass is 246 g/mol. The van der Waals surface area contributed by atoms with Crippen LogP contribution >= 0.6 is 0 Å². The number of Topliss-reactive ketones (excluding diaryl/α,β-unsaturated/α-hetero) is 1. The Bertz CT molecular complexity index is 493. The Kier molecular flexibility index (Phi) is 4.01. The van der Waals surface area contributed by atoms with E-state index in [-0.39, 0.29) is 12.3 Å². The van der Waals surface area contributed by atoms with Crippen LogP contribution in [-0.2, 0) is 17.8 Å². The smallest absolute Gasteiger partial charge is 0.158 e. The van der Waals surface area contributed by atoms with E-state index in [1.165, 1.54) is 11.0 Å². The number of carbonyl (C=O) groups is 1. The van der Waals surface area contributed by atoms with Gasteiger partial charge < -0.3 is 4.74 Å². The molecular weight excluding hydrogens is 232 g/mol. The van der Waals surface area contributed by atoms with Gasteiger partial charge in [0, 0.05) is 6.42 Å². The van der Waals surface area contributed by atoms with E-state index in [0.29, 0.717) is 13.0 Å². The van der Waals surface area contributed by atoms with E-state index in [1.54, 1.807) is 0 Å². The number of benzene rings is 1. The van der Waals surface area contributed by atoms with Crippen molar-refractivity contribution in [2.24, 2.45) is 0 Å². The Labute approximate surface area is 105 Å². The van der Waals surface area contributed by atoms with Crippen molar-refractivity contribution in [2.45, 2.75) is 19.9 Å². The highest BCUT2D eigenvalue weighted by Crippen LogP contribution is 2.12. The SMILES string of the molecule is CCOc1ccc(CC(=O)Cn2cnnn2)cc1. The van der Waals surface area contributed by atoms with Crippen molar-refractivity contribution in [1.82, 2.24) is 20.2 Å². The fraction of sp³-hybridized carbons (Fsp3) is 0.333. The summed E-state index contributed by atoms with van der Waals surface area (Å²) in [7, 11) is 0. The van der Waals surface area contributed by atoms with Gasteiger partial charge in [0.1, 0.15) is 18.6 Å². The van der Waals surface area contributed by atoms with Crippen LogP contribution in [0.25, 0.3) is 0 Å². The lowest BCUT2D eigenvalue weighted by atomic mass is 10.1. The van der Waals surface area contributed by atoms with E-state index in [4.69, 9.17) is 4.74 Å². The molecule has 0 saturated carbocycles. The van der Waals surface area contributed by atoms with E-state index in [9.17, 15) is 4.79 Å². The molecule has 0 saturated heterocycles. The van der Waals surface area contributed by atoms with Crippen LogP contribution in [0.3, 0.4) is 0 Å². The maximum Gasteiger partial charge on any atom is 0.158 e. The fourth-order valence-electron chi connectivity index (χ4n) is 1.59. The molecule has 0 amide bonds. The van der Waals surface area contributed by atoms with E-state index in [0.717, 1.165) is 11.3 Å². The van der Waals surface area contributed by atoms with Crippen molar-refractivity contribution >= 4 is 5.78 Å². The second kappa shape index (κ2) is 5.90.